The lowest BCUT2D eigenvalue weighted by Crippen LogP contribution is -2.02. The Morgan fingerprint density at radius 2 is 1.54 bits per heavy atom. The van der Waals surface area contributed by atoms with E-state index in [0.29, 0.717) is 0 Å². The molecule has 0 saturated heterocycles. The van der Waals surface area contributed by atoms with Crippen LogP contribution in [-0.4, -0.2) is 4.70 Å². The standard InChI is InChI=1S/C22H24N2/c1-4-5-10-20-15-21(18-11-6-8-16(2)13-18)24(23)22(20)19-12-7-9-17(3)14-19/h6-9,11-15H,4-5,10H2,1-3H3. The van der Waals surface area contributed by atoms with Gasteiger partial charge >= 0.3 is 0 Å². The third kappa shape index (κ3) is 3.23. The van der Waals surface area contributed by atoms with Crippen LogP contribution >= 0.6 is 0 Å². The summed E-state index contributed by atoms with van der Waals surface area (Å²) in [4.78, 5) is 0. The van der Waals surface area contributed by atoms with Gasteiger partial charge in [0, 0.05) is 22.8 Å². The molecular weight excluding hydrogens is 292 g/mol. The molecule has 0 N–H and O–H groups in total. The average molecular weight is 316 g/mol. The van der Waals surface area contributed by atoms with Gasteiger partial charge in [0.25, 0.3) is 0 Å². The molecule has 2 nitrogen and oxygen atoms in total. The van der Waals surface area contributed by atoms with E-state index in [4.69, 9.17) is 0 Å². The summed E-state index contributed by atoms with van der Waals surface area (Å²) in [5, 5.41) is 0. The topological polar surface area (TPSA) is 25.3 Å². The Labute approximate surface area is 144 Å². The van der Waals surface area contributed by atoms with Gasteiger partial charge in [-0.15, -0.1) is 0 Å². The Morgan fingerprint density at radius 3 is 2.17 bits per heavy atom. The fourth-order valence-corrected chi connectivity index (χ4v) is 3.22. The molecule has 0 atom stereocenters. The van der Waals surface area contributed by atoms with Gasteiger partial charge in [-0.25, -0.2) is 4.70 Å². The van der Waals surface area contributed by atoms with Gasteiger partial charge in [-0.1, -0.05) is 48.7 Å². The van der Waals surface area contributed by atoms with Gasteiger partial charge in [0.15, 0.2) is 0 Å². The predicted octanol–water partition coefficient (Wildman–Crippen LogP) is 6.29. The number of hydrogen-bond acceptors (Lipinski definition) is 0. The molecule has 2 aromatic carbocycles. The molecule has 0 unspecified atom stereocenters. The first-order valence-electron chi connectivity index (χ1n) is 8.68. The molecule has 0 aliphatic carbocycles. The number of allylic oxidation sites excluding steroid dienone is 2. The lowest BCUT2D eigenvalue weighted by molar-refractivity contribution is -0.344. The molecule has 1 heterocycles. The molecule has 2 heteroatoms. The van der Waals surface area contributed by atoms with Crippen LogP contribution in [0.5, 0.6) is 0 Å². The van der Waals surface area contributed by atoms with Crippen molar-refractivity contribution in [1.29, 1.82) is 0 Å². The van der Waals surface area contributed by atoms with Crippen LogP contribution in [0.25, 0.3) is 16.9 Å². The van der Waals surface area contributed by atoms with Gasteiger partial charge < -0.3 is 5.53 Å². The quantitative estimate of drug-likeness (QED) is 0.579. The van der Waals surface area contributed by atoms with Crippen molar-refractivity contribution >= 4 is 11.4 Å². The van der Waals surface area contributed by atoms with Crippen LogP contribution in [0.2, 0.25) is 0 Å². The summed E-state index contributed by atoms with van der Waals surface area (Å²) in [6, 6.07) is 16.6. The summed E-state index contributed by atoms with van der Waals surface area (Å²) in [6.07, 6.45) is 5.38. The van der Waals surface area contributed by atoms with E-state index in [1.807, 2.05) is 12.1 Å². The van der Waals surface area contributed by atoms with Crippen molar-refractivity contribution in [2.24, 2.45) is 0 Å². The van der Waals surface area contributed by atoms with Gasteiger partial charge in [-0.05, 0) is 51.0 Å². The first-order valence-corrected chi connectivity index (χ1v) is 8.68. The van der Waals surface area contributed by atoms with Gasteiger partial charge in [0.05, 0.1) is 0 Å². The van der Waals surface area contributed by atoms with Crippen LogP contribution in [0.1, 0.15) is 48.4 Å². The highest BCUT2D eigenvalue weighted by Gasteiger charge is 2.28. The predicted molar refractivity (Wildman–Crippen MR) is 100 cm³/mol. The van der Waals surface area contributed by atoms with E-state index in [9.17, 15) is 5.53 Å². The van der Waals surface area contributed by atoms with E-state index in [1.165, 1.54) is 21.4 Å². The molecule has 0 radical (unpaired) electrons. The number of aryl methyl sites for hydroxylation is 2. The Balaban J connectivity index is 2.05. The number of benzene rings is 2. The van der Waals surface area contributed by atoms with Gasteiger partial charge in [0.1, 0.15) is 0 Å². The summed E-state index contributed by atoms with van der Waals surface area (Å²) in [7, 11) is 0. The molecule has 0 bridgehead atoms. The zero-order chi connectivity index (χ0) is 17.1. The van der Waals surface area contributed by atoms with E-state index < -0.39 is 0 Å². The first kappa shape index (κ1) is 16.4. The maximum Gasteiger partial charge on any atom is 0.210 e. The molecule has 122 valence electrons. The molecule has 24 heavy (non-hydrogen) atoms. The van der Waals surface area contributed by atoms with E-state index in [1.54, 1.807) is 0 Å². The fraction of sp³-hybridized carbons (Fsp3) is 0.273. The van der Waals surface area contributed by atoms with Crippen molar-refractivity contribution in [3.8, 4) is 0 Å². The molecule has 0 fully saturated rings. The summed E-state index contributed by atoms with van der Waals surface area (Å²) in [6.45, 7) is 6.36. The molecule has 0 amide bonds. The van der Waals surface area contributed by atoms with E-state index >= 15 is 0 Å². The highest BCUT2D eigenvalue weighted by Crippen LogP contribution is 2.37. The van der Waals surface area contributed by atoms with Crippen molar-refractivity contribution in [3.63, 3.8) is 0 Å². The van der Waals surface area contributed by atoms with Crippen molar-refractivity contribution in [2.45, 2.75) is 40.0 Å². The van der Waals surface area contributed by atoms with Crippen molar-refractivity contribution in [1.82, 2.24) is 0 Å². The largest absolute Gasteiger partial charge is 0.493 e. The zero-order valence-electron chi connectivity index (χ0n) is 14.7. The van der Waals surface area contributed by atoms with Crippen LogP contribution < -0.4 is 0 Å². The first-order chi connectivity index (χ1) is 11.6. The minimum Gasteiger partial charge on any atom is -0.493 e. The van der Waals surface area contributed by atoms with Gasteiger partial charge in [0.2, 0.25) is 11.4 Å². The molecule has 2 aromatic rings. The summed E-state index contributed by atoms with van der Waals surface area (Å²) < 4.78 is 1.37. The summed E-state index contributed by atoms with van der Waals surface area (Å²) >= 11 is 0. The molecule has 3 rings (SSSR count). The maximum absolute atomic E-state index is 10.9. The van der Waals surface area contributed by atoms with Gasteiger partial charge in [-0.3, -0.25) is 0 Å². The molecular formula is C22H24N2. The SMILES string of the molecule is CCCCC1=C(c2cccc(C)c2)[N+](=[N-])C(c2cccc(C)c2)=C1. The smallest absolute Gasteiger partial charge is 0.210 e. The average Bonchev–Trinajstić information content (AvgIpc) is 2.89. The minimum atomic E-state index is 0.862. The molecule has 0 aromatic heterocycles. The normalized spacial score (nSPS) is 14.3. The van der Waals surface area contributed by atoms with E-state index in [0.717, 1.165) is 41.8 Å². The van der Waals surface area contributed by atoms with Gasteiger partial charge in [-0.2, -0.15) is 0 Å². The Morgan fingerprint density at radius 1 is 0.917 bits per heavy atom. The van der Waals surface area contributed by atoms with Crippen LogP contribution in [0.3, 0.4) is 0 Å². The maximum atomic E-state index is 10.9. The molecule has 0 spiro atoms. The van der Waals surface area contributed by atoms with Crippen LogP contribution in [0, 0.1) is 13.8 Å². The monoisotopic (exact) mass is 316 g/mol. The Bertz CT molecular complexity index is 841. The van der Waals surface area contributed by atoms with E-state index in [-0.39, 0.29) is 0 Å². The number of nitrogens with zero attached hydrogens (tertiary/aromatic N) is 2. The van der Waals surface area contributed by atoms with Crippen LogP contribution in [-0.2, 0) is 0 Å². The van der Waals surface area contributed by atoms with Crippen LogP contribution in [0.15, 0.2) is 60.2 Å². The highest BCUT2D eigenvalue weighted by atomic mass is 15.2. The number of rotatable bonds is 5. The Kier molecular flexibility index (Phi) is 4.75. The summed E-state index contributed by atoms with van der Waals surface area (Å²) in [5.74, 6) is 0. The van der Waals surface area contributed by atoms with Crippen LogP contribution in [0.4, 0.5) is 0 Å². The molecule has 1 aliphatic heterocycles. The van der Waals surface area contributed by atoms with Crippen molar-refractivity contribution in [2.75, 3.05) is 0 Å². The van der Waals surface area contributed by atoms with Crippen molar-refractivity contribution in [3.05, 3.63) is 88.0 Å². The Hall–Kier alpha value is -2.48. The highest BCUT2D eigenvalue weighted by molar-refractivity contribution is 5.78. The minimum absolute atomic E-state index is 0.862. The van der Waals surface area contributed by atoms with Crippen molar-refractivity contribution < 1.29 is 4.70 Å². The second kappa shape index (κ2) is 6.96. The third-order valence-electron chi connectivity index (χ3n) is 4.46. The molecule has 0 saturated carbocycles. The number of hydrogen-bond donors (Lipinski definition) is 0. The lowest BCUT2D eigenvalue weighted by atomic mass is 10.0. The third-order valence-corrected chi connectivity index (χ3v) is 4.46. The second-order valence-corrected chi connectivity index (χ2v) is 6.56. The zero-order valence-corrected chi connectivity index (χ0v) is 14.7. The molecule has 1 aliphatic rings. The summed E-state index contributed by atoms with van der Waals surface area (Å²) in [5.41, 5.74) is 18.4. The number of unbranched alkanes of at least 4 members (excludes halogenated alkanes) is 1. The van der Waals surface area contributed by atoms with E-state index in [2.05, 4.69) is 63.2 Å². The lowest BCUT2D eigenvalue weighted by Gasteiger charge is -2.10. The second-order valence-electron chi connectivity index (χ2n) is 6.56. The fourth-order valence-electron chi connectivity index (χ4n) is 3.22.